The van der Waals surface area contributed by atoms with Crippen molar-refractivity contribution in [3.63, 3.8) is 0 Å². The summed E-state index contributed by atoms with van der Waals surface area (Å²) in [5.74, 6) is 0.124. The summed E-state index contributed by atoms with van der Waals surface area (Å²) in [6.45, 7) is 2.48. The SMILES string of the molecule is COCCO[C@H]1CCN(CC(=O)N(C)C)[C@H]1Cc1cccnc1. The van der Waals surface area contributed by atoms with Crippen LogP contribution < -0.4 is 0 Å². The molecule has 2 atom stereocenters. The van der Waals surface area contributed by atoms with Gasteiger partial charge in [-0.25, -0.2) is 0 Å². The molecule has 2 rings (SSSR count). The van der Waals surface area contributed by atoms with Crippen molar-refractivity contribution < 1.29 is 14.3 Å². The van der Waals surface area contributed by atoms with Gasteiger partial charge >= 0.3 is 0 Å². The summed E-state index contributed by atoms with van der Waals surface area (Å²) in [4.78, 5) is 20.1. The molecule has 2 heterocycles. The molecule has 6 nitrogen and oxygen atoms in total. The predicted octanol–water partition coefficient (Wildman–Crippen LogP) is 0.818. The minimum atomic E-state index is 0.124. The minimum Gasteiger partial charge on any atom is -0.382 e. The van der Waals surface area contributed by atoms with Crippen LogP contribution in [0.3, 0.4) is 0 Å². The molecule has 0 unspecified atom stereocenters. The summed E-state index contributed by atoms with van der Waals surface area (Å²) in [5, 5.41) is 0. The number of pyridine rings is 1. The Morgan fingerprint density at radius 2 is 2.26 bits per heavy atom. The molecule has 0 aromatic carbocycles. The quantitative estimate of drug-likeness (QED) is 0.664. The lowest BCUT2D eigenvalue weighted by Gasteiger charge is -2.28. The molecule has 0 radical (unpaired) electrons. The van der Waals surface area contributed by atoms with Crippen LogP contribution in [0.4, 0.5) is 0 Å². The van der Waals surface area contributed by atoms with Crippen LogP contribution in [-0.4, -0.2) is 80.3 Å². The Balaban J connectivity index is 2.03. The van der Waals surface area contributed by atoms with Gasteiger partial charge in [-0.3, -0.25) is 14.7 Å². The fourth-order valence-corrected chi connectivity index (χ4v) is 2.90. The molecule has 0 saturated carbocycles. The zero-order valence-electron chi connectivity index (χ0n) is 14.3. The van der Waals surface area contributed by atoms with E-state index in [-0.39, 0.29) is 18.1 Å². The molecule has 1 aliphatic rings. The van der Waals surface area contributed by atoms with Gasteiger partial charge in [0, 0.05) is 46.2 Å². The molecule has 1 fully saturated rings. The fourth-order valence-electron chi connectivity index (χ4n) is 2.90. The summed E-state index contributed by atoms with van der Waals surface area (Å²) < 4.78 is 11.1. The topological polar surface area (TPSA) is 54.9 Å². The average Bonchev–Trinajstić information content (AvgIpc) is 2.91. The van der Waals surface area contributed by atoms with Crippen LogP contribution >= 0.6 is 0 Å². The van der Waals surface area contributed by atoms with Gasteiger partial charge < -0.3 is 14.4 Å². The van der Waals surface area contributed by atoms with E-state index in [0.717, 1.165) is 19.4 Å². The van der Waals surface area contributed by atoms with E-state index in [1.807, 2.05) is 12.3 Å². The second-order valence-electron chi connectivity index (χ2n) is 6.08. The number of likely N-dealkylation sites (tertiary alicyclic amines) is 1. The van der Waals surface area contributed by atoms with Crippen molar-refractivity contribution in [1.29, 1.82) is 0 Å². The van der Waals surface area contributed by atoms with Crippen LogP contribution in [0.15, 0.2) is 24.5 Å². The number of nitrogens with zero attached hydrogens (tertiary/aromatic N) is 3. The summed E-state index contributed by atoms with van der Waals surface area (Å²) >= 11 is 0. The molecule has 0 bridgehead atoms. The highest BCUT2D eigenvalue weighted by molar-refractivity contribution is 5.77. The number of likely N-dealkylation sites (N-methyl/N-ethyl adjacent to an activating group) is 1. The van der Waals surface area contributed by atoms with Gasteiger partial charge in [-0.15, -0.1) is 0 Å². The van der Waals surface area contributed by atoms with E-state index in [4.69, 9.17) is 9.47 Å². The van der Waals surface area contributed by atoms with Crippen molar-refractivity contribution in [2.24, 2.45) is 0 Å². The number of rotatable bonds is 8. The third kappa shape index (κ3) is 5.27. The molecule has 23 heavy (non-hydrogen) atoms. The van der Waals surface area contributed by atoms with Crippen LogP contribution in [0.25, 0.3) is 0 Å². The maximum absolute atomic E-state index is 12.1. The van der Waals surface area contributed by atoms with Gasteiger partial charge in [0.2, 0.25) is 5.91 Å². The lowest BCUT2D eigenvalue weighted by molar-refractivity contribution is -0.130. The summed E-state index contributed by atoms with van der Waals surface area (Å²) in [6, 6.07) is 4.21. The third-order valence-electron chi connectivity index (χ3n) is 4.22. The second-order valence-corrected chi connectivity index (χ2v) is 6.08. The molecule has 0 spiro atoms. The zero-order valence-corrected chi connectivity index (χ0v) is 14.3. The van der Waals surface area contributed by atoms with Crippen molar-refractivity contribution in [3.05, 3.63) is 30.1 Å². The molecule has 128 valence electrons. The van der Waals surface area contributed by atoms with E-state index in [1.165, 1.54) is 5.56 Å². The minimum absolute atomic E-state index is 0.124. The number of methoxy groups -OCH3 is 1. The number of hydrogen-bond donors (Lipinski definition) is 0. The van der Waals surface area contributed by atoms with Gasteiger partial charge in [-0.2, -0.15) is 0 Å². The lowest BCUT2D eigenvalue weighted by atomic mass is 10.0. The monoisotopic (exact) mass is 321 g/mol. The van der Waals surface area contributed by atoms with Crippen LogP contribution in [-0.2, 0) is 20.7 Å². The molecule has 0 aliphatic carbocycles. The first-order valence-electron chi connectivity index (χ1n) is 8.05. The Labute approximate surface area is 138 Å². The van der Waals surface area contributed by atoms with Crippen molar-refractivity contribution in [2.75, 3.05) is 47.5 Å². The van der Waals surface area contributed by atoms with Gasteiger partial charge in [0.15, 0.2) is 0 Å². The molecule has 1 saturated heterocycles. The summed E-state index contributed by atoms with van der Waals surface area (Å²) in [5.41, 5.74) is 1.17. The number of amides is 1. The first-order valence-corrected chi connectivity index (χ1v) is 8.05. The Bertz CT molecular complexity index is 481. The first kappa shape index (κ1) is 17.8. The van der Waals surface area contributed by atoms with Crippen LogP contribution in [0.2, 0.25) is 0 Å². The highest BCUT2D eigenvalue weighted by atomic mass is 16.5. The number of ether oxygens (including phenoxy) is 2. The smallest absolute Gasteiger partial charge is 0.236 e. The highest BCUT2D eigenvalue weighted by Crippen LogP contribution is 2.24. The van der Waals surface area contributed by atoms with Gasteiger partial charge in [0.05, 0.1) is 25.9 Å². The first-order chi connectivity index (χ1) is 11.1. The predicted molar refractivity (Wildman–Crippen MR) is 88.2 cm³/mol. The maximum atomic E-state index is 12.1. The van der Waals surface area contributed by atoms with E-state index < -0.39 is 0 Å². The van der Waals surface area contributed by atoms with Crippen molar-refractivity contribution in [3.8, 4) is 0 Å². The maximum Gasteiger partial charge on any atom is 0.236 e. The van der Waals surface area contributed by atoms with E-state index in [2.05, 4.69) is 16.0 Å². The van der Waals surface area contributed by atoms with Crippen molar-refractivity contribution in [2.45, 2.75) is 25.0 Å². The number of carbonyl (C=O) groups excluding carboxylic acids is 1. The third-order valence-corrected chi connectivity index (χ3v) is 4.22. The Morgan fingerprint density at radius 1 is 1.43 bits per heavy atom. The zero-order chi connectivity index (χ0) is 16.7. The Morgan fingerprint density at radius 3 is 2.91 bits per heavy atom. The van der Waals surface area contributed by atoms with E-state index in [0.29, 0.717) is 19.8 Å². The average molecular weight is 321 g/mol. The molecular weight excluding hydrogens is 294 g/mol. The van der Waals surface area contributed by atoms with E-state index in [9.17, 15) is 4.79 Å². The van der Waals surface area contributed by atoms with E-state index in [1.54, 1.807) is 32.3 Å². The number of carbonyl (C=O) groups is 1. The largest absolute Gasteiger partial charge is 0.382 e. The standard InChI is InChI=1S/C17H27N3O3/c1-19(2)17(21)13-20-8-6-16(23-10-9-22-3)15(20)11-14-5-4-7-18-12-14/h4-5,7,12,15-16H,6,8-11,13H2,1-3H3/t15-,16-/m0/s1. The molecule has 1 amide bonds. The van der Waals surface area contributed by atoms with Gasteiger partial charge in [0.1, 0.15) is 0 Å². The van der Waals surface area contributed by atoms with Crippen LogP contribution in [0.5, 0.6) is 0 Å². The summed E-state index contributed by atoms with van der Waals surface area (Å²) in [7, 11) is 5.26. The molecule has 0 N–H and O–H groups in total. The number of hydrogen-bond acceptors (Lipinski definition) is 5. The van der Waals surface area contributed by atoms with Gasteiger partial charge in [-0.05, 0) is 24.5 Å². The molecule has 1 aromatic rings. The van der Waals surface area contributed by atoms with Crippen LogP contribution in [0.1, 0.15) is 12.0 Å². The Hall–Kier alpha value is -1.50. The van der Waals surface area contributed by atoms with Crippen molar-refractivity contribution in [1.82, 2.24) is 14.8 Å². The van der Waals surface area contributed by atoms with Gasteiger partial charge in [0.25, 0.3) is 0 Å². The summed E-state index contributed by atoms with van der Waals surface area (Å²) in [6.07, 6.45) is 5.57. The molecule has 1 aromatic heterocycles. The van der Waals surface area contributed by atoms with Gasteiger partial charge in [-0.1, -0.05) is 6.07 Å². The lowest BCUT2D eigenvalue weighted by Crippen LogP contribution is -2.43. The Kier molecular flexibility index (Phi) is 6.95. The van der Waals surface area contributed by atoms with Crippen LogP contribution in [0, 0.1) is 0 Å². The molecule has 1 aliphatic heterocycles. The fraction of sp³-hybridized carbons (Fsp3) is 0.647. The number of aromatic nitrogens is 1. The van der Waals surface area contributed by atoms with E-state index >= 15 is 0 Å². The second kappa shape index (κ2) is 8.96. The van der Waals surface area contributed by atoms with Crippen molar-refractivity contribution >= 4 is 5.91 Å². The highest BCUT2D eigenvalue weighted by Gasteiger charge is 2.36. The molecular formula is C17H27N3O3. The molecule has 6 heteroatoms. The normalized spacial score (nSPS) is 21.5.